The second kappa shape index (κ2) is 10.2. The second-order valence-electron chi connectivity index (χ2n) is 10.8. The minimum Gasteiger partial charge on any atom is -0.378 e. The molecule has 1 saturated heterocycles. The number of imidazole rings is 1. The van der Waals surface area contributed by atoms with Crippen molar-refractivity contribution < 1.29 is 5.11 Å². The summed E-state index contributed by atoms with van der Waals surface area (Å²) in [7, 11) is 1.98. The molecule has 38 heavy (non-hydrogen) atoms. The van der Waals surface area contributed by atoms with Crippen LogP contribution in [0.5, 0.6) is 0 Å². The van der Waals surface area contributed by atoms with E-state index in [1.807, 2.05) is 28.6 Å². The van der Waals surface area contributed by atoms with Crippen molar-refractivity contribution in [3.63, 3.8) is 0 Å². The maximum Gasteiger partial charge on any atom is 0.223 e. The Hall–Kier alpha value is -3.80. The van der Waals surface area contributed by atoms with E-state index in [1.54, 1.807) is 12.4 Å². The quantitative estimate of drug-likeness (QED) is 0.366. The number of likely N-dealkylation sites (tertiary alicyclic amines) is 1. The van der Waals surface area contributed by atoms with E-state index in [9.17, 15) is 10.4 Å². The number of hydrogen-bond acceptors (Lipinski definition) is 7. The summed E-state index contributed by atoms with van der Waals surface area (Å²) in [6, 6.07) is 15.1. The lowest BCUT2D eigenvalue weighted by Gasteiger charge is -2.33. The van der Waals surface area contributed by atoms with Crippen LogP contribution in [0.3, 0.4) is 0 Å². The molecule has 6 rings (SSSR count). The number of rotatable bonds is 7. The lowest BCUT2D eigenvalue weighted by atomic mass is 9.89. The molecule has 0 radical (unpaired) electrons. The Morgan fingerprint density at radius 2 is 1.95 bits per heavy atom. The number of anilines is 1. The minimum atomic E-state index is -0.338. The second-order valence-corrected chi connectivity index (χ2v) is 10.8. The standard InChI is InChI=1S/C30H33N7O/c1-19(22-7-5-20(6-8-22)14-21-11-13-36(2)27(38)15-21)34-30-33-17-24(16-31)28(35-30)26-18-32-29-25(23-9-10-23)4-3-12-37(26)29/h3-8,12,17-19,21,23,27,38H,9-11,13-15H2,1-2H3,(H,33,34,35)/t19-,21?,27?/m0/s1. The summed E-state index contributed by atoms with van der Waals surface area (Å²) in [5.74, 6) is 1.56. The van der Waals surface area contributed by atoms with Gasteiger partial charge in [0.05, 0.1) is 29.7 Å². The number of hydrogen-bond donors (Lipinski definition) is 2. The summed E-state index contributed by atoms with van der Waals surface area (Å²) in [5, 5.41) is 23.3. The molecule has 8 nitrogen and oxygen atoms in total. The van der Waals surface area contributed by atoms with E-state index in [-0.39, 0.29) is 12.3 Å². The predicted molar refractivity (Wildman–Crippen MR) is 146 cm³/mol. The van der Waals surface area contributed by atoms with Crippen LogP contribution in [0.4, 0.5) is 5.95 Å². The number of aromatic nitrogens is 4. The first kappa shape index (κ1) is 24.5. The number of pyridine rings is 1. The van der Waals surface area contributed by atoms with Crippen molar-refractivity contribution in [2.45, 2.75) is 57.2 Å². The van der Waals surface area contributed by atoms with Crippen LogP contribution >= 0.6 is 0 Å². The summed E-state index contributed by atoms with van der Waals surface area (Å²) in [4.78, 5) is 15.9. The summed E-state index contributed by atoms with van der Waals surface area (Å²) in [5.41, 5.74) is 6.41. The van der Waals surface area contributed by atoms with Crippen LogP contribution in [-0.4, -0.2) is 49.2 Å². The normalized spacial score (nSPS) is 20.8. The number of nitriles is 1. The van der Waals surface area contributed by atoms with Gasteiger partial charge < -0.3 is 10.4 Å². The number of aliphatic hydroxyl groups excluding tert-OH is 1. The van der Waals surface area contributed by atoms with E-state index in [2.05, 4.69) is 58.6 Å². The molecule has 2 unspecified atom stereocenters. The third-order valence-corrected chi connectivity index (χ3v) is 8.03. The first-order valence-electron chi connectivity index (χ1n) is 13.5. The van der Waals surface area contributed by atoms with E-state index in [0.29, 0.717) is 29.0 Å². The first-order chi connectivity index (χ1) is 18.5. The molecule has 2 fully saturated rings. The van der Waals surface area contributed by atoms with E-state index in [4.69, 9.17) is 4.98 Å². The third kappa shape index (κ3) is 4.87. The molecular weight excluding hydrogens is 474 g/mol. The molecule has 1 aliphatic carbocycles. The average Bonchev–Trinajstić information content (AvgIpc) is 3.69. The van der Waals surface area contributed by atoms with Gasteiger partial charge in [0, 0.05) is 12.7 Å². The summed E-state index contributed by atoms with van der Waals surface area (Å²) in [6.45, 7) is 3.02. The summed E-state index contributed by atoms with van der Waals surface area (Å²) < 4.78 is 2.03. The van der Waals surface area contributed by atoms with Crippen molar-refractivity contribution >= 4 is 11.6 Å². The Morgan fingerprint density at radius 1 is 1.13 bits per heavy atom. The van der Waals surface area contributed by atoms with Crippen LogP contribution in [0.15, 0.2) is 55.0 Å². The molecule has 3 aromatic heterocycles. The van der Waals surface area contributed by atoms with Gasteiger partial charge in [-0.25, -0.2) is 15.0 Å². The molecule has 0 bridgehead atoms. The zero-order chi connectivity index (χ0) is 26.2. The number of aliphatic hydroxyl groups is 1. The fourth-order valence-electron chi connectivity index (χ4n) is 5.52. The molecular formula is C30H33N7O. The largest absolute Gasteiger partial charge is 0.378 e. The van der Waals surface area contributed by atoms with Crippen LogP contribution < -0.4 is 5.32 Å². The Labute approximate surface area is 223 Å². The van der Waals surface area contributed by atoms with Gasteiger partial charge in [0.15, 0.2) is 0 Å². The van der Waals surface area contributed by atoms with E-state index < -0.39 is 0 Å². The van der Waals surface area contributed by atoms with Crippen LogP contribution in [0.1, 0.15) is 66.8 Å². The molecule has 0 spiro atoms. The highest BCUT2D eigenvalue weighted by molar-refractivity contribution is 5.68. The van der Waals surface area contributed by atoms with Crippen molar-refractivity contribution in [3.05, 3.63) is 77.2 Å². The SMILES string of the molecule is C[C@H](Nc1ncc(C#N)c(-c2cnc3c(C4CC4)cccn23)n1)c1ccc(CC2CCN(C)C(O)C2)cc1. The molecule has 0 amide bonds. The Balaban J connectivity index is 1.19. The van der Waals surface area contributed by atoms with E-state index >= 15 is 0 Å². The van der Waals surface area contributed by atoms with Crippen LogP contribution in [0.2, 0.25) is 0 Å². The molecule has 2 aliphatic rings. The van der Waals surface area contributed by atoms with Gasteiger partial charge in [0.1, 0.15) is 23.6 Å². The lowest BCUT2D eigenvalue weighted by molar-refractivity contribution is -0.0258. The molecule has 3 atom stereocenters. The number of nitrogens with zero attached hydrogens (tertiary/aromatic N) is 6. The molecule has 1 aliphatic heterocycles. The smallest absolute Gasteiger partial charge is 0.223 e. The number of nitrogens with one attached hydrogen (secondary N) is 1. The van der Waals surface area contributed by atoms with Crippen molar-refractivity contribution in [1.82, 2.24) is 24.3 Å². The van der Waals surface area contributed by atoms with Crippen molar-refractivity contribution in [2.24, 2.45) is 5.92 Å². The van der Waals surface area contributed by atoms with Crippen molar-refractivity contribution in [3.8, 4) is 17.5 Å². The van der Waals surface area contributed by atoms with Crippen LogP contribution in [0.25, 0.3) is 17.0 Å². The number of piperidine rings is 1. The number of benzene rings is 1. The first-order valence-corrected chi connectivity index (χ1v) is 13.5. The van der Waals surface area contributed by atoms with E-state index in [1.165, 1.54) is 24.0 Å². The summed E-state index contributed by atoms with van der Waals surface area (Å²) >= 11 is 0. The number of fused-ring (bicyclic) bond motifs is 1. The van der Waals surface area contributed by atoms with E-state index in [0.717, 1.165) is 42.7 Å². The molecule has 4 heterocycles. The highest BCUT2D eigenvalue weighted by Crippen LogP contribution is 2.42. The maximum absolute atomic E-state index is 10.2. The monoisotopic (exact) mass is 507 g/mol. The fraction of sp³-hybridized carbons (Fsp3) is 0.400. The highest BCUT2D eigenvalue weighted by atomic mass is 16.3. The van der Waals surface area contributed by atoms with Gasteiger partial charge >= 0.3 is 0 Å². The van der Waals surface area contributed by atoms with Crippen LogP contribution in [0, 0.1) is 17.2 Å². The third-order valence-electron chi connectivity index (χ3n) is 8.03. The van der Waals surface area contributed by atoms with Crippen molar-refractivity contribution in [2.75, 3.05) is 18.9 Å². The maximum atomic E-state index is 10.2. The Morgan fingerprint density at radius 3 is 2.68 bits per heavy atom. The Kier molecular flexibility index (Phi) is 6.56. The topological polar surface area (TPSA) is 102 Å². The Bertz CT molecular complexity index is 1490. The molecule has 4 aromatic rings. The highest BCUT2D eigenvalue weighted by Gasteiger charge is 2.27. The van der Waals surface area contributed by atoms with Gasteiger partial charge in [-0.05, 0) is 80.7 Å². The van der Waals surface area contributed by atoms with Gasteiger partial charge in [-0.3, -0.25) is 9.30 Å². The van der Waals surface area contributed by atoms with Gasteiger partial charge in [0.2, 0.25) is 5.95 Å². The van der Waals surface area contributed by atoms with Gasteiger partial charge in [0.25, 0.3) is 0 Å². The molecule has 1 aromatic carbocycles. The van der Waals surface area contributed by atoms with Crippen LogP contribution in [-0.2, 0) is 6.42 Å². The minimum absolute atomic E-state index is 0.0151. The predicted octanol–water partition coefficient (Wildman–Crippen LogP) is 4.92. The molecule has 8 heteroatoms. The van der Waals surface area contributed by atoms with Crippen molar-refractivity contribution in [1.29, 1.82) is 5.26 Å². The van der Waals surface area contributed by atoms with Gasteiger partial charge in [-0.15, -0.1) is 0 Å². The summed E-state index contributed by atoms with van der Waals surface area (Å²) in [6.07, 6.45) is 10.4. The molecule has 194 valence electrons. The fourth-order valence-corrected chi connectivity index (χ4v) is 5.52. The lowest BCUT2D eigenvalue weighted by Crippen LogP contribution is -2.40. The molecule has 2 N–H and O–H groups in total. The van der Waals surface area contributed by atoms with Gasteiger partial charge in [-0.2, -0.15) is 5.26 Å². The average molecular weight is 508 g/mol. The molecule has 1 saturated carbocycles. The van der Waals surface area contributed by atoms with Gasteiger partial charge in [-0.1, -0.05) is 30.3 Å². The zero-order valence-corrected chi connectivity index (χ0v) is 21.9. The zero-order valence-electron chi connectivity index (χ0n) is 21.9.